The van der Waals surface area contributed by atoms with E-state index in [1.807, 2.05) is 0 Å². The Kier molecular flexibility index (Phi) is 0.917. The summed E-state index contributed by atoms with van der Waals surface area (Å²) in [5.41, 5.74) is 1.15. The normalized spacial score (nSPS) is 32.8. The van der Waals surface area contributed by atoms with Crippen molar-refractivity contribution in [1.82, 2.24) is 0 Å². The predicted octanol–water partition coefficient (Wildman–Crippen LogP) is 0.0807. The highest BCUT2D eigenvalue weighted by Gasteiger charge is 2.64. The molecule has 0 aromatic carbocycles. The maximum atomic E-state index is 10.9. The first kappa shape index (κ1) is 6.73. The fourth-order valence-electron chi connectivity index (χ4n) is 1.79. The lowest BCUT2D eigenvalue weighted by atomic mass is 10.3. The molecule has 3 rings (SSSR count). The van der Waals surface area contributed by atoms with E-state index in [1.165, 1.54) is 6.20 Å². The Bertz CT molecular complexity index is 444. The van der Waals surface area contributed by atoms with Gasteiger partial charge in [-0.15, -0.1) is 0 Å². The number of carbonyl (C=O) groups is 1. The van der Waals surface area contributed by atoms with E-state index in [0.29, 0.717) is 16.7 Å². The van der Waals surface area contributed by atoms with Gasteiger partial charge >= 0.3 is 5.97 Å². The maximum absolute atomic E-state index is 10.9. The third kappa shape index (κ3) is 0.595. The number of aliphatic carboxylic acids is 1. The summed E-state index contributed by atoms with van der Waals surface area (Å²) in [7, 11) is 0. The first-order valence-electron chi connectivity index (χ1n) is 3.88. The van der Waals surface area contributed by atoms with Gasteiger partial charge in [0.1, 0.15) is 0 Å². The lowest BCUT2D eigenvalue weighted by Gasteiger charge is -2.15. The fourth-order valence-corrected chi connectivity index (χ4v) is 1.79. The minimum absolute atomic E-state index is 0.296. The van der Waals surface area contributed by atoms with Gasteiger partial charge in [-0.2, -0.15) is 9.48 Å². The molecule has 1 spiro atoms. The summed E-state index contributed by atoms with van der Waals surface area (Å²) in [5, 5.41) is 8.94. The van der Waals surface area contributed by atoms with Crippen LogP contribution in [-0.4, -0.2) is 34.2 Å². The lowest BCUT2D eigenvalue weighted by molar-refractivity contribution is -0.650. The van der Waals surface area contributed by atoms with Crippen LogP contribution in [0.25, 0.3) is 0 Å². The van der Waals surface area contributed by atoms with Crippen molar-refractivity contribution in [2.24, 2.45) is 9.98 Å². The molecule has 5 nitrogen and oxygen atoms in total. The number of carboxylic acids is 1. The Labute approximate surface area is 73.6 Å². The molecular weight excluding hydrogens is 170 g/mol. The topological polar surface area (TPSA) is 62.0 Å². The molecule has 3 heterocycles. The van der Waals surface area contributed by atoms with Crippen molar-refractivity contribution in [3.8, 4) is 0 Å². The van der Waals surface area contributed by atoms with Crippen molar-refractivity contribution in [3.63, 3.8) is 0 Å². The van der Waals surface area contributed by atoms with Gasteiger partial charge in [-0.25, -0.2) is 4.79 Å². The van der Waals surface area contributed by atoms with Gasteiger partial charge in [-0.1, -0.05) is 0 Å². The van der Waals surface area contributed by atoms with Gasteiger partial charge < -0.3 is 5.11 Å². The molecule has 0 saturated carbocycles. The van der Waals surface area contributed by atoms with Gasteiger partial charge in [-0.05, 0) is 0 Å². The van der Waals surface area contributed by atoms with E-state index in [2.05, 4.69) is 9.98 Å². The number of hydrogen-bond donors (Lipinski definition) is 1. The summed E-state index contributed by atoms with van der Waals surface area (Å²) in [5.74, 6) is -0.0235. The number of nitrogens with zero attached hydrogens (tertiary/aromatic N) is 3. The van der Waals surface area contributed by atoms with E-state index in [1.54, 1.807) is 12.4 Å². The minimum Gasteiger partial charge on any atom is -0.474 e. The number of rotatable bonds is 1. The van der Waals surface area contributed by atoms with Crippen LogP contribution in [0.15, 0.2) is 33.8 Å². The minimum atomic E-state index is -0.921. The molecule has 5 heteroatoms. The van der Waals surface area contributed by atoms with Crippen LogP contribution < -0.4 is 0 Å². The van der Waals surface area contributed by atoms with E-state index >= 15 is 0 Å². The highest BCUT2D eigenvalue weighted by molar-refractivity contribution is 6.03. The van der Waals surface area contributed by atoms with Crippen LogP contribution in [0.5, 0.6) is 0 Å². The third-order valence-electron chi connectivity index (χ3n) is 2.54. The second-order valence-electron chi connectivity index (χ2n) is 3.16. The average molecular weight is 176 g/mol. The summed E-state index contributed by atoms with van der Waals surface area (Å²) in [6, 6.07) is 0. The zero-order chi connectivity index (χ0) is 9.05. The number of quaternary nitrogens is 1. The van der Waals surface area contributed by atoms with E-state index in [-0.39, 0.29) is 0 Å². The third-order valence-corrected chi connectivity index (χ3v) is 2.54. The molecule has 0 aromatic heterocycles. The Morgan fingerprint density at radius 1 is 1.54 bits per heavy atom. The standard InChI is InChI=1S/C8H5N3O2/c12-8(13)6-3-9-1-5-2-10-7-4-11(5,6)7/h1-3H,4H2/p+1. The van der Waals surface area contributed by atoms with E-state index in [4.69, 9.17) is 5.11 Å². The van der Waals surface area contributed by atoms with Gasteiger partial charge in [0, 0.05) is 0 Å². The smallest absolute Gasteiger partial charge is 0.393 e. The van der Waals surface area contributed by atoms with Crippen molar-refractivity contribution in [3.05, 3.63) is 23.8 Å². The summed E-state index contributed by atoms with van der Waals surface area (Å²) < 4.78 is 0.304. The van der Waals surface area contributed by atoms with Gasteiger partial charge in [0.15, 0.2) is 12.2 Å². The Morgan fingerprint density at radius 2 is 2.38 bits per heavy atom. The molecule has 3 aliphatic rings. The maximum Gasteiger partial charge on any atom is 0.393 e. The first-order valence-corrected chi connectivity index (χ1v) is 3.88. The van der Waals surface area contributed by atoms with Crippen LogP contribution in [0.3, 0.4) is 0 Å². The molecule has 0 aromatic rings. The van der Waals surface area contributed by atoms with Gasteiger partial charge in [0.2, 0.25) is 5.70 Å². The predicted molar refractivity (Wildman–Crippen MR) is 44.9 cm³/mol. The SMILES string of the molecule is O=C(O)C1=CN=CC2=CN=C3C[N+]213. The second kappa shape index (κ2) is 1.77. The summed E-state index contributed by atoms with van der Waals surface area (Å²) >= 11 is 0. The summed E-state index contributed by atoms with van der Waals surface area (Å²) in [6.45, 7) is 0.690. The Balaban J connectivity index is 2.19. The van der Waals surface area contributed by atoms with Gasteiger partial charge in [0.05, 0.1) is 18.6 Å². The monoisotopic (exact) mass is 176 g/mol. The fraction of sp³-hybridized carbons (Fsp3) is 0.125. The van der Waals surface area contributed by atoms with Crippen LogP contribution in [0.4, 0.5) is 0 Å². The van der Waals surface area contributed by atoms with Crippen LogP contribution in [-0.2, 0) is 4.79 Å². The van der Waals surface area contributed by atoms with Gasteiger partial charge in [0.25, 0.3) is 5.84 Å². The van der Waals surface area contributed by atoms with Crippen molar-refractivity contribution < 1.29 is 14.4 Å². The highest BCUT2D eigenvalue weighted by Crippen LogP contribution is 2.43. The average Bonchev–Trinajstić information content (AvgIpc) is 2.70. The molecule has 0 aliphatic carbocycles. The van der Waals surface area contributed by atoms with Crippen LogP contribution in [0.2, 0.25) is 0 Å². The zero-order valence-corrected chi connectivity index (χ0v) is 6.64. The number of hydrogen-bond acceptors (Lipinski definition) is 3. The van der Waals surface area contributed by atoms with Crippen LogP contribution in [0, 0.1) is 0 Å². The van der Waals surface area contributed by atoms with E-state index in [9.17, 15) is 4.79 Å². The Morgan fingerprint density at radius 3 is 3.08 bits per heavy atom. The second-order valence-corrected chi connectivity index (χ2v) is 3.16. The van der Waals surface area contributed by atoms with Crippen molar-refractivity contribution in [1.29, 1.82) is 0 Å². The molecule has 3 aliphatic heterocycles. The Hall–Kier alpha value is -1.75. The number of allylic oxidation sites excluding steroid dienone is 1. The van der Waals surface area contributed by atoms with Crippen molar-refractivity contribution in [2.45, 2.75) is 0 Å². The molecule has 13 heavy (non-hydrogen) atoms. The largest absolute Gasteiger partial charge is 0.474 e. The number of carboxylic acid groups (broad SMARTS) is 1. The van der Waals surface area contributed by atoms with E-state index in [0.717, 1.165) is 11.5 Å². The molecule has 0 bridgehead atoms. The number of aliphatic imine (C=N–C) groups is 2. The molecule has 1 saturated heterocycles. The molecule has 0 amide bonds. The molecule has 1 N–H and O–H groups in total. The molecule has 1 fully saturated rings. The summed E-state index contributed by atoms with van der Waals surface area (Å²) in [6.07, 6.45) is 4.74. The molecule has 64 valence electrons. The molecule has 0 radical (unpaired) electrons. The quantitative estimate of drug-likeness (QED) is 0.454. The van der Waals surface area contributed by atoms with Crippen molar-refractivity contribution in [2.75, 3.05) is 6.54 Å². The van der Waals surface area contributed by atoms with Crippen molar-refractivity contribution >= 4 is 18.0 Å². The number of amidine groups is 1. The van der Waals surface area contributed by atoms with Gasteiger partial charge in [-0.3, -0.25) is 4.99 Å². The summed E-state index contributed by atoms with van der Waals surface area (Å²) in [4.78, 5) is 18.9. The lowest BCUT2D eigenvalue weighted by Crippen LogP contribution is -2.31. The van der Waals surface area contributed by atoms with Crippen LogP contribution in [0.1, 0.15) is 0 Å². The molecule has 1 atom stereocenters. The molecule has 1 unspecified atom stereocenters. The van der Waals surface area contributed by atoms with Crippen LogP contribution >= 0.6 is 0 Å². The molecular formula is C8H6N3O2+. The first-order chi connectivity index (χ1) is 6.25. The zero-order valence-electron chi connectivity index (χ0n) is 6.64. The highest BCUT2D eigenvalue weighted by atomic mass is 16.4. The van der Waals surface area contributed by atoms with E-state index < -0.39 is 5.97 Å².